The van der Waals surface area contributed by atoms with Crippen LogP contribution in [0.15, 0.2) is 33.9 Å². The number of nitrogens with one attached hydrogen (secondary N) is 2. The summed E-state index contributed by atoms with van der Waals surface area (Å²) in [5.74, 6) is 0.783. The van der Waals surface area contributed by atoms with Crippen LogP contribution in [0.1, 0.15) is 12.0 Å². The molecule has 0 aromatic heterocycles. The summed E-state index contributed by atoms with van der Waals surface area (Å²) in [6.07, 6.45) is 0.906. The van der Waals surface area contributed by atoms with Crippen molar-refractivity contribution in [3.05, 3.63) is 50.3 Å². The Balaban J connectivity index is 1.91. The Hall–Kier alpha value is -2.34. The van der Waals surface area contributed by atoms with Crippen LogP contribution in [0.3, 0.4) is 0 Å². The predicted octanol–water partition coefficient (Wildman–Crippen LogP) is 1.27. The molecule has 2 rings (SSSR count). The second-order valence-corrected chi connectivity index (χ2v) is 5.69. The second-order valence-electron chi connectivity index (χ2n) is 5.69. The second kappa shape index (κ2) is 7.78. The Morgan fingerprint density at radius 3 is 2.17 bits per heavy atom. The van der Waals surface area contributed by atoms with E-state index in [-0.39, 0.29) is 0 Å². The van der Waals surface area contributed by atoms with Crippen LogP contribution in [0.2, 0.25) is 0 Å². The third-order valence-corrected chi connectivity index (χ3v) is 3.62. The third-order valence-electron chi connectivity index (χ3n) is 3.62. The fourth-order valence-corrected chi connectivity index (χ4v) is 2.27. The molecule has 6 heteroatoms. The number of hydrogen-bond donors (Lipinski definition) is 2. The van der Waals surface area contributed by atoms with Gasteiger partial charge in [-0.3, -0.25) is 9.59 Å². The lowest BCUT2D eigenvalue weighted by Gasteiger charge is -2.16. The van der Waals surface area contributed by atoms with E-state index in [4.69, 9.17) is 4.74 Å². The molecule has 0 unspecified atom stereocenters. The zero-order valence-corrected chi connectivity index (χ0v) is 13.8. The first-order chi connectivity index (χ1) is 11.0. The minimum Gasteiger partial charge on any atom is -0.497 e. The molecule has 2 aromatic carbocycles. The molecule has 124 valence electrons. The van der Waals surface area contributed by atoms with E-state index < -0.39 is 10.9 Å². The van der Waals surface area contributed by atoms with Crippen molar-refractivity contribution < 1.29 is 4.74 Å². The number of benzene rings is 1. The molecule has 0 bridgehead atoms. The van der Waals surface area contributed by atoms with Gasteiger partial charge in [0, 0.05) is 13.1 Å². The summed E-state index contributed by atoms with van der Waals surface area (Å²) in [4.78, 5) is 25.4. The molecule has 0 saturated carbocycles. The van der Waals surface area contributed by atoms with E-state index in [0.717, 1.165) is 24.3 Å². The van der Waals surface area contributed by atoms with Crippen LogP contribution in [-0.4, -0.2) is 39.2 Å². The van der Waals surface area contributed by atoms with Crippen LogP contribution in [0.25, 0.3) is 0 Å². The highest BCUT2D eigenvalue weighted by Gasteiger charge is 2.20. The summed E-state index contributed by atoms with van der Waals surface area (Å²) < 4.78 is 5.11. The molecule has 0 aliphatic rings. The van der Waals surface area contributed by atoms with Gasteiger partial charge in [0.25, 0.3) is 10.9 Å². The quantitative estimate of drug-likeness (QED) is 0.536. The fraction of sp³-hybridized carbons (Fsp3) is 0.412. The van der Waals surface area contributed by atoms with E-state index in [9.17, 15) is 9.59 Å². The highest BCUT2D eigenvalue weighted by molar-refractivity contribution is 5.73. The van der Waals surface area contributed by atoms with Gasteiger partial charge in [0.2, 0.25) is 0 Å². The van der Waals surface area contributed by atoms with Gasteiger partial charge in [-0.1, -0.05) is 12.1 Å². The smallest absolute Gasteiger partial charge is 0.253 e. The molecule has 2 N–H and O–H groups in total. The zero-order chi connectivity index (χ0) is 16.8. The Morgan fingerprint density at radius 2 is 1.61 bits per heavy atom. The van der Waals surface area contributed by atoms with Gasteiger partial charge in [0.05, 0.1) is 7.11 Å². The monoisotopic (exact) mass is 317 g/mol. The molecular weight excluding hydrogens is 294 g/mol. The molecule has 0 heterocycles. The number of methoxy groups -OCH3 is 1. The topological polar surface area (TPSA) is 70.7 Å². The maximum Gasteiger partial charge on any atom is 0.253 e. The molecule has 0 aliphatic heterocycles. The normalized spacial score (nSPS) is 11.0. The third kappa shape index (κ3) is 4.32. The average molecular weight is 317 g/mol. The van der Waals surface area contributed by atoms with Crippen LogP contribution in [0, 0.1) is 0 Å². The lowest BCUT2D eigenvalue weighted by molar-refractivity contribution is 0.405. The van der Waals surface area contributed by atoms with Gasteiger partial charge in [0.1, 0.15) is 17.1 Å². The van der Waals surface area contributed by atoms with Gasteiger partial charge < -0.3 is 20.3 Å². The van der Waals surface area contributed by atoms with E-state index in [0.29, 0.717) is 24.5 Å². The van der Waals surface area contributed by atoms with Gasteiger partial charge in [0.15, 0.2) is 0 Å². The molecule has 0 radical (unpaired) electrons. The van der Waals surface area contributed by atoms with Gasteiger partial charge >= 0.3 is 0 Å². The first-order valence-electron chi connectivity index (χ1n) is 7.61. The molecule has 0 saturated heterocycles. The molecule has 0 spiro atoms. The minimum absolute atomic E-state index is 0.385. The summed E-state index contributed by atoms with van der Waals surface area (Å²) in [6.45, 7) is 2.08. The lowest BCUT2D eigenvalue weighted by atomic mass is 10.1. The summed E-state index contributed by atoms with van der Waals surface area (Å²) in [6, 6.07) is 7.56. The van der Waals surface area contributed by atoms with Crippen LogP contribution in [0.4, 0.5) is 11.4 Å². The van der Waals surface area contributed by atoms with Crippen molar-refractivity contribution in [3.63, 3.8) is 0 Å². The van der Waals surface area contributed by atoms with Crippen LogP contribution < -0.4 is 26.2 Å². The summed E-state index contributed by atoms with van der Waals surface area (Å²) in [7, 11) is 5.61. The summed E-state index contributed by atoms with van der Waals surface area (Å²) >= 11 is 0. The zero-order valence-electron chi connectivity index (χ0n) is 13.8. The van der Waals surface area contributed by atoms with Gasteiger partial charge in [-0.15, -0.1) is 0 Å². The van der Waals surface area contributed by atoms with Crippen LogP contribution in [-0.2, 0) is 6.54 Å². The molecule has 2 aromatic rings. The maximum atomic E-state index is 11.7. The van der Waals surface area contributed by atoms with Crippen LogP contribution >= 0.6 is 0 Å². The van der Waals surface area contributed by atoms with Crippen molar-refractivity contribution in [1.29, 1.82) is 0 Å². The number of anilines is 2. The van der Waals surface area contributed by atoms with E-state index in [1.165, 1.54) is 0 Å². The van der Waals surface area contributed by atoms with E-state index in [2.05, 4.69) is 15.5 Å². The van der Waals surface area contributed by atoms with E-state index in [1.54, 1.807) is 7.11 Å². The number of nitrogens with zero attached hydrogens (tertiary/aromatic N) is 1. The van der Waals surface area contributed by atoms with Gasteiger partial charge in [-0.2, -0.15) is 0 Å². The summed E-state index contributed by atoms with van der Waals surface area (Å²) in [5, 5.41) is 6.11. The van der Waals surface area contributed by atoms with E-state index >= 15 is 0 Å². The first-order valence-corrected chi connectivity index (χ1v) is 7.61. The van der Waals surface area contributed by atoms with Crippen molar-refractivity contribution in [3.8, 4) is 5.75 Å². The van der Waals surface area contributed by atoms with Crippen molar-refractivity contribution >= 4 is 11.4 Å². The first kappa shape index (κ1) is 17.0. The van der Waals surface area contributed by atoms with Gasteiger partial charge in [-0.05, 0) is 44.8 Å². The Bertz CT molecular complexity index is 701. The Morgan fingerprint density at radius 1 is 1.00 bits per heavy atom. The number of ether oxygens (including phenoxy) is 1. The Labute approximate surface area is 135 Å². The van der Waals surface area contributed by atoms with Crippen LogP contribution in [0.5, 0.6) is 5.75 Å². The van der Waals surface area contributed by atoms with Crippen molar-refractivity contribution in [2.45, 2.75) is 13.0 Å². The number of hydrogen-bond acceptors (Lipinski definition) is 6. The predicted molar refractivity (Wildman–Crippen MR) is 93.3 cm³/mol. The molecule has 0 fully saturated rings. The lowest BCUT2D eigenvalue weighted by Crippen LogP contribution is -2.37. The Kier molecular flexibility index (Phi) is 5.76. The van der Waals surface area contributed by atoms with Crippen molar-refractivity contribution in [2.75, 3.05) is 44.9 Å². The van der Waals surface area contributed by atoms with Crippen molar-refractivity contribution in [2.24, 2.45) is 0 Å². The van der Waals surface area contributed by atoms with Gasteiger partial charge in [-0.25, -0.2) is 0 Å². The highest BCUT2D eigenvalue weighted by Crippen LogP contribution is 2.17. The van der Waals surface area contributed by atoms with E-state index in [1.807, 2.05) is 38.4 Å². The molecule has 0 amide bonds. The molecule has 0 atom stereocenters. The highest BCUT2D eigenvalue weighted by atomic mass is 16.5. The molecular formula is C17H23N3O3. The molecule has 23 heavy (non-hydrogen) atoms. The number of rotatable bonds is 9. The average Bonchev–Trinajstić information content (AvgIpc) is 2.56. The summed E-state index contributed by atoms with van der Waals surface area (Å²) in [5.41, 5.74) is 0.913. The SMILES string of the molecule is COc1ccc(CNc2c(NCCCN(C)C)c(=O)c2=O)cc1. The van der Waals surface area contributed by atoms with Crippen molar-refractivity contribution in [1.82, 2.24) is 4.90 Å². The fourth-order valence-electron chi connectivity index (χ4n) is 2.27. The largest absolute Gasteiger partial charge is 0.497 e. The minimum atomic E-state index is -0.450. The maximum absolute atomic E-state index is 11.7. The molecule has 0 aliphatic carbocycles. The standard InChI is InChI=1S/C17H23N3O3/c1-20(2)10-4-9-18-14-15(17(22)16(14)21)19-11-12-5-7-13(23-3)8-6-12/h5-8,18-19H,4,9-11H2,1-3H3. The molecule has 6 nitrogen and oxygen atoms in total.